The first kappa shape index (κ1) is 15.7. The number of amides is 1. The third kappa shape index (κ3) is 4.65. The van der Waals surface area contributed by atoms with Crippen LogP contribution >= 0.6 is 12.4 Å². The van der Waals surface area contributed by atoms with Crippen LogP contribution < -0.4 is 10.6 Å². The Balaban J connectivity index is 0.00000180. The predicted octanol–water partition coefficient (Wildman–Crippen LogP) is 1.82. The van der Waals surface area contributed by atoms with Crippen LogP contribution in [0.4, 0.5) is 4.39 Å². The van der Waals surface area contributed by atoms with Crippen LogP contribution in [-0.4, -0.2) is 25.0 Å². The summed E-state index contributed by atoms with van der Waals surface area (Å²) in [6.45, 7) is 1.31. The first-order chi connectivity index (χ1) is 8.77. The summed E-state index contributed by atoms with van der Waals surface area (Å²) in [6, 6.07) is 6.53. The van der Waals surface area contributed by atoms with Gasteiger partial charge in [0.05, 0.1) is 0 Å². The van der Waals surface area contributed by atoms with E-state index < -0.39 is 0 Å². The fourth-order valence-corrected chi connectivity index (χ4v) is 1.95. The number of benzene rings is 1. The molecular formula is C14H18ClFN2O. The van der Waals surface area contributed by atoms with Crippen molar-refractivity contribution in [2.75, 3.05) is 13.1 Å². The van der Waals surface area contributed by atoms with Crippen LogP contribution in [-0.2, 0) is 11.2 Å². The minimum atomic E-state index is -0.210. The van der Waals surface area contributed by atoms with Crippen LogP contribution in [0.3, 0.4) is 0 Å². The van der Waals surface area contributed by atoms with E-state index in [1.54, 1.807) is 12.1 Å². The number of halogens is 2. The second-order valence-electron chi connectivity index (χ2n) is 4.30. The van der Waals surface area contributed by atoms with Crippen molar-refractivity contribution in [3.8, 4) is 0 Å². The highest BCUT2D eigenvalue weighted by Crippen LogP contribution is 2.08. The first-order valence-electron chi connectivity index (χ1n) is 6.18. The van der Waals surface area contributed by atoms with Crippen molar-refractivity contribution in [3.63, 3.8) is 0 Å². The van der Waals surface area contributed by atoms with Crippen LogP contribution in [0.15, 0.2) is 36.4 Å². The zero-order valence-electron chi connectivity index (χ0n) is 10.6. The number of carbonyl (C=O) groups excluding carboxylic acids is 1. The molecule has 0 radical (unpaired) electrons. The van der Waals surface area contributed by atoms with Gasteiger partial charge in [0.15, 0.2) is 0 Å². The summed E-state index contributed by atoms with van der Waals surface area (Å²) in [4.78, 5) is 11.6. The molecule has 1 unspecified atom stereocenters. The number of aryl methyl sites for hydroxylation is 1. The SMILES string of the molecule is Cl.O=C(NCCCc1ccccc1F)C1C=CCN1. The van der Waals surface area contributed by atoms with Gasteiger partial charge in [-0.1, -0.05) is 30.4 Å². The molecule has 0 aliphatic carbocycles. The number of rotatable bonds is 5. The van der Waals surface area contributed by atoms with Crippen molar-refractivity contribution >= 4 is 18.3 Å². The molecule has 1 aromatic rings. The van der Waals surface area contributed by atoms with Gasteiger partial charge < -0.3 is 5.32 Å². The summed E-state index contributed by atoms with van der Waals surface area (Å²) in [5.74, 6) is -0.193. The third-order valence-corrected chi connectivity index (χ3v) is 2.95. The van der Waals surface area contributed by atoms with Gasteiger partial charge in [-0.25, -0.2) is 4.39 Å². The summed E-state index contributed by atoms with van der Waals surface area (Å²) in [5, 5.41) is 5.88. The number of carbonyl (C=O) groups is 1. The molecule has 3 nitrogen and oxygen atoms in total. The summed E-state index contributed by atoms with van der Waals surface area (Å²) < 4.78 is 13.3. The van der Waals surface area contributed by atoms with E-state index in [2.05, 4.69) is 10.6 Å². The van der Waals surface area contributed by atoms with E-state index >= 15 is 0 Å². The van der Waals surface area contributed by atoms with Crippen LogP contribution in [0.2, 0.25) is 0 Å². The molecule has 19 heavy (non-hydrogen) atoms. The van der Waals surface area contributed by atoms with E-state index in [1.165, 1.54) is 6.07 Å². The van der Waals surface area contributed by atoms with Crippen molar-refractivity contribution in [2.45, 2.75) is 18.9 Å². The van der Waals surface area contributed by atoms with Gasteiger partial charge in [0.2, 0.25) is 5.91 Å². The van der Waals surface area contributed by atoms with Crippen molar-refractivity contribution in [1.29, 1.82) is 0 Å². The van der Waals surface area contributed by atoms with Gasteiger partial charge in [0.25, 0.3) is 0 Å². The molecule has 0 fully saturated rings. The highest BCUT2D eigenvalue weighted by molar-refractivity contribution is 5.85. The standard InChI is InChI=1S/C14H17FN2O.ClH/c15-12-7-2-1-5-11(12)6-3-10-17-14(18)13-8-4-9-16-13;/h1-2,4-5,7-8,13,16H,3,6,9-10H2,(H,17,18);1H. The van der Waals surface area contributed by atoms with Crippen LogP contribution in [0, 0.1) is 5.82 Å². The molecule has 1 heterocycles. The van der Waals surface area contributed by atoms with Crippen molar-refractivity contribution in [1.82, 2.24) is 10.6 Å². The van der Waals surface area contributed by atoms with E-state index in [1.807, 2.05) is 18.2 Å². The topological polar surface area (TPSA) is 41.1 Å². The molecule has 0 bridgehead atoms. The van der Waals surface area contributed by atoms with Gasteiger partial charge in [-0.15, -0.1) is 12.4 Å². The second kappa shape index (κ2) is 7.92. The van der Waals surface area contributed by atoms with Gasteiger partial charge in [-0.05, 0) is 24.5 Å². The molecule has 104 valence electrons. The molecular weight excluding hydrogens is 267 g/mol. The summed E-state index contributed by atoms with van der Waals surface area (Å²) in [5.41, 5.74) is 0.700. The van der Waals surface area contributed by atoms with Crippen LogP contribution in [0.5, 0.6) is 0 Å². The summed E-state index contributed by atoms with van der Waals surface area (Å²) in [6.07, 6.45) is 5.17. The monoisotopic (exact) mass is 284 g/mol. The Labute approximate surface area is 118 Å². The minimum Gasteiger partial charge on any atom is -0.354 e. The van der Waals surface area contributed by atoms with E-state index in [9.17, 15) is 9.18 Å². The molecule has 5 heteroatoms. The molecule has 2 rings (SSSR count). The molecule has 0 aromatic heterocycles. The Hall–Kier alpha value is -1.39. The van der Waals surface area contributed by atoms with Crippen LogP contribution in [0.1, 0.15) is 12.0 Å². The fraction of sp³-hybridized carbons (Fsp3) is 0.357. The zero-order chi connectivity index (χ0) is 12.8. The average molecular weight is 285 g/mol. The number of hydrogen-bond acceptors (Lipinski definition) is 2. The fourth-order valence-electron chi connectivity index (χ4n) is 1.95. The van der Waals surface area contributed by atoms with Gasteiger partial charge in [-0.2, -0.15) is 0 Å². The number of nitrogens with one attached hydrogen (secondary N) is 2. The lowest BCUT2D eigenvalue weighted by Crippen LogP contribution is -2.40. The molecule has 1 aliphatic heterocycles. The molecule has 1 aromatic carbocycles. The Morgan fingerprint density at radius 1 is 1.42 bits per heavy atom. The van der Waals surface area contributed by atoms with Gasteiger partial charge in [0.1, 0.15) is 11.9 Å². The molecule has 1 aliphatic rings. The minimum absolute atomic E-state index is 0. The Morgan fingerprint density at radius 2 is 2.21 bits per heavy atom. The highest BCUT2D eigenvalue weighted by atomic mass is 35.5. The maximum Gasteiger partial charge on any atom is 0.241 e. The Morgan fingerprint density at radius 3 is 2.89 bits per heavy atom. The number of hydrogen-bond donors (Lipinski definition) is 2. The van der Waals surface area contributed by atoms with Crippen molar-refractivity contribution in [2.24, 2.45) is 0 Å². The lowest BCUT2D eigenvalue weighted by molar-refractivity contribution is -0.121. The average Bonchev–Trinajstić information content (AvgIpc) is 2.90. The second-order valence-corrected chi connectivity index (χ2v) is 4.30. The van der Waals surface area contributed by atoms with E-state index in [-0.39, 0.29) is 30.2 Å². The van der Waals surface area contributed by atoms with E-state index in [4.69, 9.17) is 0 Å². The normalized spacial score (nSPS) is 17.0. The molecule has 0 spiro atoms. The van der Waals surface area contributed by atoms with Crippen molar-refractivity contribution in [3.05, 3.63) is 47.8 Å². The van der Waals surface area contributed by atoms with Gasteiger partial charge >= 0.3 is 0 Å². The van der Waals surface area contributed by atoms with E-state index in [0.717, 1.165) is 13.0 Å². The lowest BCUT2D eigenvalue weighted by Gasteiger charge is -2.10. The Bertz CT molecular complexity index is 451. The molecule has 1 amide bonds. The Kier molecular flexibility index (Phi) is 6.53. The summed E-state index contributed by atoms with van der Waals surface area (Å²) >= 11 is 0. The smallest absolute Gasteiger partial charge is 0.241 e. The maximum atomic E-state index is 13.3. The van der Waals surface area contributed by atoms with Crippen molar-refractivity contribution < 1.29 is 9.18 Å². The lowest BCUT2D eigenvalue weighted by atomic mass is 10.1. The molecule has 1 atom stereocenters. The highest BCUT2D eigenvalue weighted by Gasteiger charge is 2.16. The first-order valence-corrected chi connectivity index (χ1v) is 6.18. The molecule has 0 saturated heterocycles. The molecule has 0 saturated carbocycles. The zero-order valence-corrected chi connectivity index (χ0v) is 11.4. The maximum absolute atomic E-state index is 13.3. The molecule has 2 N–H and O–H groups in total. The third-order valence-electron chi connectivity index (χ3n) is 2.95. The van der Waals surface area contributed by atoms with Crippen LogP contribution in [0.25, 0.3) is 0 Å². The summed E-state index contributed by atoms with van der Waals surface area (Å²) in [7, 11) is 0. The van der Waals surface area contributed by atoms with Gasteiger partial charge in [0, 0.05) is 13.1 Å². The van der Waals surface area contributed by atoms with E-state index in [0.29, 0.717) is 18.5 Å². The largest absolute Gasteiger partial charge is 0.354 e. The van der Waals surface area contributed by atoms with Gasteiger partial charge in [-0.3, -0.25) is 10.1 Å². The predicted molar refractivity (Wildman–Crippen MR) is 75.9 cm³/mol. The quantitative estimate of drug-likeness (QED) is 0.640.